The molecule has 1 aromatic carbocycles. The molecule has 0 saturated carbocycles. The first-order valence-corrected chi connectivity index (χ1v) is 4.25. The minimum Gasteiger partial charge on any atom is -0.478 e. The smallest absolute Gasteiger partial charge is 0.335 e. The van der Waals surface area contributed by atoms with Gasteiger partial charge >= 0.3 is 5.97 Å². The summed E-state index contributed by atoms with van der Waals surface area (Å²) in [4.78, 5) is 10.6. The standard InChI is InChI=1S/C11H14O2.Ti/c1-11(2,3)9-6-4-8(5-7-9)10(12)13;/h4-7H,1-3H3,(H,12,13);. The van der Waals surface area contributed by atoms with E-state index in [1.54, 1.807) is 12.1 Å². The Morgan fingerprint density at radius 3 is 1.86 bits per heavy atom. The van der Waals surface area contributed by atoms with Crippen LogP contribution in [0.2, 0.25) is 0 Å². The van der Waals surface area contributed by atoms with Crippen LogP contribution in [0.3, 0.4) is 0 Å². The van der Waals surface area contributed by atoms with E-state index in [0.717, 1.165) is 5.56 Å². The van der Waals surface area contributed by atoms with Crippen molar-refractivity contribution in [1.82, 2.24) is 0 Å². The molecule has 0 aliphatic carbocycles. The van der Waals surface area contributed by atoms with Crippen LogP contribution in [-0.4, -0.2) is 11.1 Å². The number of rotatable bonds is 1. The van der Waals surface area contributed by atoms with Crippen molar-refractivity contribution < 1.29 is 31.6 Å². The topological polar surface area (TPSA) is 37.3 Å². The summed E-state index contributed by atoms with van der Waals surface area (Å²) in [6.45, 7) is 6.30. The quantitative estimate of drug-likeness (QED) is 0.747. The van der Waals surface area contributed by atoms with Gasteiger partial charge in [0.15, 0.2) is 0 Å². The van der Waals surface area contributed by atoms with Crippen molar-refractivity contribution in [2.24, 2.45) is 0 Å². The first-order valence-electron chi connectivity index (χ1n) is 4.25. The van der Waals surface area contributed by atoms with Crippen molar-refractivity contribution in [3.8, 4) is 0 Å². The van der Waals surface area contributed by atoms with Gasteiger partial charge in [-0.1, -0.05) is 32.9 Å². The molecule has 0 atom stereocenters. The molecule has 1 N–H and O–H groups in total. The third kappa shape index (κ3) is 3.28. The van der Waals surface area contributed by atoms with Crippen LogP contribution in [-0.2, 0) is 27.1 Å². The van der Waals surface area contributed by atoms with Gasteiger partial charge in [0, 0.05) is 21.7 Å². The Morgan fingerprint density at radius 1 is 1.14 bits per heavy atom. The normalized spacial score (nSPS) is 10.5. The van der Waals surface area contributed by atoms with Crippen LogP contribution < -0.4 is 0 Å². The third-order valence-electron chi connectivity index (χ3n) is 2.00. The minimum absolute atomic E-state index is 0. The molecule has 0 fully saturated rings. The maximum absolute atomic E-state index is 10.6. The Kier molecular flexibility index (Phi) is 4.56. The summed E-state index contributed by atoms with van der Waals surface area (Å²) in [5, 5.41) is 8.68. The van der Waals surface area contributed by atoms with E-state index in [0.29, 0.717) is 5.56 Å². The van der Waals surface area contributed by atoms with E-state index >= 15 is 0 Å². The maximum atomic E-state index is 10.6. The van der Waals surface area contributed by atoms with Crippen molar-refractivity contribution in [3.05, 3.63) is 35.4 Å². The van der Waals surface area contributed by atoms with Crippen LogP contribution in [0.4, 0.5) is 0 Å². The zero-order chi connectivity index (χ0) is 10.1. The van der Waals surface area contributed by atoms with Gasteiger partial charge in [0.25, 0.3) is 0 Å². The molecule has 0 radical (unpaired) electrons. The molecule has 14 heavy (non-hydrogen) atoms. The Hall–Kier alpha value is -0.596. The van der Waals surface area contributed by atoms with Crippen LogP contribution in [0.25, 0.3) is 0 Å². The van der Waals surface area contributed by atoms with Gasteiger partial charge in [-0.25, -0.2) is 4.79 Å². The van der Waals surface area contributed by atoms with Gasteiger partial charge in [-0.15, -0.1) is 0 Å². The SMILES string of the molecule is CC(C)(C)c1ccc(C(=O)O)cc1.[Ti]. The van der Waals surface area contributed by atoms with E-state index < -0.39 is 5.97 Å². The van der Waals surface area contributed by atoms with Crippen molar-refractivity contribution in [2.45, 2.75) is 26.2 Å². The van der Waals surface area contributed by atoms with Crippen LogP contribution in [0, 0.1) is 0 Å². The average Bonchev–Trinajstić information content (AvgIpc) is 2.03. The first kappa shape index (κ1) is 13.4. The zero-order valence-corrected chi connectivity index (χ0v) is 10.2. The van der Waals surface area contributed by atoms with Crippen molar-refractivity contribution in [1.29, 1.82) is 0 Å². The molecule has 0 bridgehead atoms. The number of carboxylic acids is 1. The van der Waals surface area contributed by atoms with Crippen LogP contribution in [0.15, 0.2) is 24.3 Å². The fraction of sp³-hybridized carbons (Fsp3) is 0.364. The summed E-state index contributed by atoms with van der Waals surface area (Å²) in [5.74, 6) is -0.875. The van der Waals surface area contributed by atoms with Gasteiger partial charge in [-0.3, -0.25) is 0 Å². The fourth-order valence-electron chi connectivity index (χ4n) is 1.11. The summed E-state index contributed by atoms with van der Waals surface area (Å²) < 4.78 is 0. The second-order valence-electron chi connectivity index (χ2n) is 4.13. The van der Waals surface area contributed by atoms with E-state index in [2.05, 4.69) is 20.8 Å². The Bertz CT molecular complexity index is 309. The van der Waals surface area contributed by atoms with E-state index in [4.69, 9.17) is 5.11 Å². The zero-order valence-electron chi connectivity index (χ0n) is 8.66. The molecule has 0 aliphatic rings. The van der Waals surface area contributed by atoms with Gasteiger partial charge in [0.05, 0.1) is 5.56 Å². The van der Waals surface area contributed by atoms with Crippen LogP contribution in [0.5, 0.6) is 0 Å². The number of hydrogen-bond acceptors (Lipinski definition) is 1. The molecule has 1 aromatic rings. The molecular formula is C11H14O2Ti. The number of carbonyl (C=O) groups is 1. The van der Waals surface area contributed by atoms with Crippen LogP contribution in [0.1, 0.15) is 36.7 Å². The van der Waals surface area contributed by atoms with Gasteiger partial charge in [0.2, 0.25) is 0 Å². The molecule has 0 aromatic heterocycles. The second kappa shape index (κ2) is 4.76. The molecule has 0 amide bonds. The Balaban J connectivity index is 0.00000169. The van der Waals surface area contributed by atoms with Gasteiger partial charge in [-0.05, 0) is 23.1 Å². The summed E-state index contributed by atoms with van der Waals surface area (Å²) in [6.07, 6.45) is 0. The summed E-state index contributed by atoms with van der Waals surface area (Å²) in [7, 11) is 0. The molecule has 1 rings (SSSR count). The molecule has 0 heterocycles. The summed E-state index contributed by atoms with van der Waals surface area (Å²) >= 11 is 0. The van der Waals surface area contributed by atoms with E-state index in [1.807, 2.05) is 12.1 Å². The third-order valence-corrected chi connectivity index (χ3v) is 2.00. The number of carboxylic acid groups (broad SMARTS) is 1. The average molecular weight is 226 g/mol. The Morgan fingerprint density at radius 2 is 1.57 bits per heavy atom. The predicted octanol–water partition coefficient (Wildman–Crippen LogP) is 2.68. The number of benzene rings is 1. The van der Waals surface area contributed by atoms with Crippen molar-refractivity contribution >= 4 is 5.97 Å². The van der Waals surface area contributed by atoms with Gasteiger partial charge in [0.1, 0.15) is 0 Å². The molecule has 74 valence electrons. The molecule has 0 unspecified atom stereocenters. The molecule has 0 saturated heterocycles. The molecule has 0 spiro atoms. The van der Waals surface area contributed by atoms with E-state index in [-0.39, 0.29) is 27.1 Å². The van der Waals surface area contributed by atoms with Crippen molar-refractivity contribution in [2.75, 3.05) is 0 Å². The predicted molar refractivity (Wildman–Crippen MR) is 52.1 cm³/mol. The Labute approximate surface area is 99.2 Å². The summed E-state index contributed by atoms with van der Waals surface area (Å²) in [5.41, 5.74) is 1.57. The van der Waals surface area contributed by atoms with E-state index in [1.165, 1.54) is 0 Å². The minimum atomic E-state index is -0.875. The second-order valence-corrected chi connectivity index (χ2v) is 4.13. The number of aromatic carboxylic acids is 1. The molecule has 3 heteroatoms. The molecule has 0 aliphatic heterocycles. The molecular weight excluding hydrogens is 212 g/mol. The largest absolute Gasteiger partial charge is 0.478 e. The van der Waals surface area contributed by atoms with Gasteiger partial charge < -0.3 is 5.11 Å². The number of hydrogen-bond donors (Lipinski definition) is 1. The van der Waals surface area contributed by atoms with Gasteiger partial charge in [-0.2, -0.15) is 0 Å². The fourth-order valence-corrected chi connectivity index (χ4v) is 1.11. The van der Waals surface area contributed by atoms with Crippen molar-refractivity contribution in [3.63, 3.8) is 0 Å². The maximum Gasteiger partial charge on any atom is 0.335 e. The first-order chi connectivity index (χ1) is 5.91. The van der Waals surface area contributed by atoms with E-state index in [9.17, 15) is 4.79 Å². The van der Waals surface area contributed by atoms with Crippen LogP contribution >= 0.6 is 0 Å². The summed E-state index contributed by atoms with van der Waals surface area (Å²) in [6, 6.07) is 7.01. The molecule has 2 nitrogen and oxygen atoms in total. The monoisotopic (exact) mass is 226 g/mol.